The Kier molecular flexibility index (Phi) is 5.14. The van der Waals surface area contributed by atoms with E-state index in [1.807, 2.05) is 6.92 Å². The van der Waals surface area contributed by atoms with Crippen LogP contribution in [0.3, 0.4) is 0 Å². The van der Waals surface area contributed by atoms with Gasteiger partial charge >= 0.3 is 0 Å². The van der Waals surface area contributed by atoms with Gasteiger partial charge in [-0.05, 0) is 62.3 Å². The summed E-state index contributed by atoms with van der Waals surface area (Å²) in [6.07, 6.45) is 4.05. The lowest BCUT2D eigenvalue weighted by atomic mass is 9.68. The molecule has 3 nitrogen and oxygen atoms in total. The van der Waals surface area contributed by atoms with Gasteiger partial charge in [0.15, 0.2) is 0 Å². The lowest BCUT2D eigenvalue weighted by Gasteiger charge is -2.41. The summed E-state index contributed by atoms with van der Waals surface area (Å²) >= 11 is 0. The molecule has 118 valence electrons. The predicted octanol–water partition coefficient (Wildman–Crippen LogP) is 2.51. The first kappa shape index (κ1) is 16.3. The molecule has 3 heteroatoms. The van der Waals surface area contributed by atoms with Crippen LogP contribution >= 0.6 is 0 Å². The average Bonchev–Trinajstić information content (AvgIpc) is 2.79. The first-order valence-corrected chi connectivity index (χ1v) is 8.36. The summed E-state index contributed by atoms with van der Waals surface area (Å²) in [7, 11) is 0. The minimum absolute atomic E-state index is 0.126. The maximum absolute atomic E-state index is 10.3. The number of aliphatic hydroxyl groups is 2. The molecule has 5 atom stereocenters. The Balaban J connectivity index is 1.88. The molecule has 1 saturated heterocycles. The summed E-state index contributed by atoms with van der Waals surface area (Å²) in [4.78, 5) is 2.45. The average molecular weight is 283 g/mol. The molecule has 0 spiro atoms. The van der Waals surface area contributed by atoms with Crippen LogP contribution in [0.4, 0.5) is 0 Å². The van der Waals surface area contributed by atoms with Crippen molar-refractivity contribution in [1.29, 1.82) is 0 Å². The van der Waals surface area contributed by atoms with Crippen molar-refractivity contribution >= 4 is 0 Å². The normalized spacial score (nSPS) is 38.1. The maximum Gasteiger partial charge on any atom is 0.0580 e. The Bertz CT molecular complexity index is 311. The molecule has 0 aromatic heterocycles. The Hall–Kier alpha value is -0.120. The molecule has 1 aliphatic carbocycles. The van der Waals surface area contributed by atoms with Gasteiger partial charge in [0.2, 0.25) is 0 Å². The van der Waals surface area contributed by atoms with Crippen molar-refractivity contribution in [2.24, 2.45) is 23.2 Å². The minimum atomic E-state index is -0.196. The van der Waals surface area contributed by atoms with Crippen LogP contribution in [0.2, 0.25) is 0 Å². The summed E-state index contributed by atoms with van der Waals surface area (Å²) in [5, 5.41) is 20.0. The zero-order chi connectivity index (χ0) is 14.9. The second-order valence-corrected chi connectivity index (χ2v) is 8.25. The van der Waals surface area contributed by atoms with Crippen LogP contribution in [0.5, 0.6) is 0 Å². The lowest BCUT2D eigenvalue weighted by molar-refractivity contribution is 0.00496. The number of nitrogens with zero attached hydrogens (tertiary/aromatic N) is 1. The van der Waals surface area contributed by atoms with Crippen molar-refractivity contribution in [3.05, 3.63) is 0 Å². The van der Waals surface area contributed by atoms with Crippen molar-refractivity contribution in [2.45, 2.75) is 65.6 Å². The molecule has 2 aliphatic rings. The van der Waals surface area contributed by atoms with Crippen LogP contribution in [0.15, 0.2) is 0 Å². The minimum Gasteiger partial charge on any atom is -0.393 e. The van der Waals surface area contributed by atoms with Crippen LogP contribution < -0.4 is 0 Å². The molecule has 1 saturated carbocycles. The third kappa shape index (κ3) is 3.96. The van der Waals surface area contributed by atoms with Crippen molar-refractivity contribution in [2.75, 3.05) is 19.6 Å². The van der Waals surface area contributed by atoms with Gasteiger partial charge in [-0.25, -0.2) is 0 Å². The fourth-order valence-electron chi connectivity index (χ4n) is 3.98. The van der Waals surface area contributed by atoms with Crippen molar-refractivity contribution in [3.63, 3.8) is 0 Å². The molecule has 0 aromatic carbocycles. The molecule has 0 radical (unpaired) electrons. The van der Waals surface area contributed by atoms with E-state index in [1.54, 1.807) is 0 Å². The highest BCUT2D eigenvalue weighted by molar-refractivity contribution is 4.88. The van der Waals surface area contributed by atoms with Gasteiger partial charge in [0.1, 0.15) is 0 Å². The van der Waals surface area contributed by atoms with Gasteiger partial charge in [-0.1, -0.05) is 20.8 Å². The van der Waals surface area contributed by atoms with Gasteiger partial charge in [0, 0.05) is 13.1 Å². The van der Waals surface area contributed by atoms with Crippen LogP contribution in [0, 0.1) is 23.2 Å². The number of likely N-dealkylation sites (tertiary alicyclic amines) is 1. The van der Waals surface area contributed by atoms with E-state index in [4.69, 9.17) is 0 Å². The highest BCUT2D eigenvalue weighted by Gasteiger charge is 2.37. The fourth-order valence-corrected chi connectivity index (χ4v) is 3.98. The summed E-state index contributed by atoms with van der Waals surface area (Å²) < 4.78 is 0. The fraction of sp³-hybridized carbons (Fsp3) is 1.00. The molecule has 2 rings (SSSR count). The standard InChI is InChI=1S/C17H33NO2/c1-12(19)13-7-8-18(10-13)11-14-9-15(17(2,3)4)5-6-16(14)20/h12-16,19-20H,5-11H2,1-4H3. The Morgan fingerprint density at radius 1 is 1.20 bits per heavy atom. The van der Waals surface area contributed by atoms with Gasteiger partial charge in [0.25, 0.3) is 0 Å². The molecule has 2 N–H and O–H groups in total. The largest absolute Gasteiger partial charge is 0.393 e. The topological polar surface area (TPSA) is 43.7 Å². The first-order chi connectivity index (χ1) is 9.27. The molecule has 1 aliphatic heterocycles. The Morgan fingerprint density at radius 3 is 2.45 bits per heavy atom. The van der Waals surface area contributed by atoms with Crippen molar-refractivity contribution < 1.29 is 10.2 Å². The summed E-state index contributed by atoms with van der Waals surface area (Å²) in [5.41, 5.74) is 0.353. The zero-order valence-electron chi connectivity index (χ0n) is 13.7. The molecule has 20 heavy (non-hydrogen) atoms. The van der Waals surface area contributed by atoms with E-state index < -0.39 is 0 Å². The monoisotopic (exact) mass is 283 g/mol. The number of aliphatic hydroxyl groups excluding tert-OH is 2. The van der Waals surface area contributed by atoms with Crippen molar-refractivity contribution in [1.82, 2.24) is 4.90 Å². The molecular formula is C17H33NO2. The molecule has 0 amide bonds. The number of hydrogen-bond donors (Lipinski definition) is 2. The highest BCUT2D eigenvalue weighted by atomic mass is 16.3. The Morgan fingerprint density at radius 2 is 1.90 bits per heavy atom. The van der Waals surface area contributed by atoms with E-state index in [9.17, 15) is 10.2 Å². The van der Waals surface area contributed by atoms with Gasteiger partial charge in [-0.2, -0.15) is 0 Å². The highest BCUT2D eigenvalue weighted by Crippen LogP contribution is 2.41. The molecular weight excluding hydrogens is 250 g/mol. The summed E-state index contributed by atoms with van der Waals surface area (Å²) in [5.74, 6) is 1.57. The Labute approximate surface area is 124 Å². The lowest BCUT2D eigenvalue weighted by Crippen LogP contribution is -2.41. The molecule has 0 bridgehead atoms. The SMILES string of the molecule is CC(O)C1CCN(CC2CC(C(C)(C)C)CCC2O)C1. The van der Waals surface area contributed by atoms with E-state index in [0.29, 0.717) is 17.3 Å². The van der Waals surface area contributed by atoms with E-state index in [-0.39, 0.29) is 12.2 Å². The van der Waals surface area contributed by atoms with E-state index in [2.05, 4.69) is 25.7 Å². The smallest absolute Gasteiger partial charge is 0.0580 e. The van der Waals surface area contributed by atoms with Crippen LogP contribution in [-0.4, -0.2) is 47.0 Å². The molecule has 5 unspecified atom stereocenters. The van der Waals surface area contributed by atoms with Crippen LogP contribution in [0.1, 0.15) is 53.4 Å². The summed E-state index contributed by atoms with van der Waals surface area (Å²) in [6.45, 7) is 12.0. The first-order valence-electron chi connectivity index (χ1n) is 8.36. The molecule has 1 heterocycles. The van der Waals surface area contributed by atoms with Gasteiger partial charge in [0.05, 0.1) is 12.2 Å². The second kappa shape index (κ2) is 6.33. The molecule has 2 fully saturated rings. The predicted molar refractivity (Wildman–Crippen MR) is 82.5 cm³/mol. The number of hydrogen-bond acceptors (Lipinski definition) is 3. The van der Waals surface area contributed by atoms with Crippen LogP contribution in [-0.2, 0) is 0 Å². The van der Waals surface area contributed by atoms with Gasteiger partial charge < -0.3 is 15.1 Å². The quantitative estimate of drug-likeness (QED) is 0.836. The van der Waals surface area contributed by atoms with E-state index in [0.717, 1.165) is 51.2 Å². The number of rotatable bonds is 3. The maximum atomic E-state index is 10.3. The van der Waals surface area contributed by atoms with Gasteiger partial charge in [-0.15, -0.1) is 0 Å². The summed E-state index contributed by atoms with van der Waals surface area (Å²) in [6, 6.07) is 0. The van der Waals surface area contributed by atoms with E-state index >= 15 is 0 Å². The molecule has 0 aromatic rings. The van der Waals surface area contributed by atoms with E-state index in [1.165, 1.54) is 0 Å². The van der Waals surface area contributed by atoms with Gasteiger partial charge in [-0.3, -0.25) is 0 Å². The third-order valence-corrected chi connectivity index (χ3v) is 5.65. The van der Waals surface area contributed by atoms with Crippen molar-refractivity contribution in [3.8, 4) is 0 Å². The second-order valence-electron chi connectivity index (χ2n) is 8.25. The third-order valence-electron chi connectivity index (χ3n) is 5.65. The zero-order valence-corrected chi connectivity index (χ0v) is 13.7. The van der Waals surface area contributed by atoms with Crippen LogP contribution in [0.25, 0.3) is 0 Å².